The van der Waals surface area contributed by atoms with Crippen LogP contribution in [0.15, 0.2) is 18.2 Å². The first-order chi connectivity index (χ1) is 7.95. The molecule has 2 N–H and O–H groups in total. The van der Waals surface area contributed by atoms with Crippen molar-refractivity contribution in [2.75, 3.05) is 7.05 Å². The Morgan fingerprint density at radius 2 is 2.06 bits per heavy atom. The molecule has 17 heavy (non-hydrogen) atoms. The number of aliphatic carboxylic acids is 1. The predicted octanol–water partition coefficient (Wildman–Crippen LogP) is 2.13. The van der Waals surface area contributed by atoms with Crippen LogP contribution in [0.5, 0.6) is 5.75 Å². The molecule has 94 valence electrons. The summed E-state index contributed by atoms with van der Waals surface area (Å²) in [6, 6.07) is 6.03. The van der Waals surface area contributed by atoms with Gasteiger partial charge in [0.15, 0.2) is 6.10 Å². The maximum absolute atomic E-state index is 10.7. The van der Waals surface area contributed by atoms with E-state index in [0.29, 0.717) is 5.75 Å². The first kappa shape index (κ1) is 13.5. The number of benzene rings is 1. The molecule has 0 radical (unpaired) electrons. The number of carboxylic acids is 1. The summed E-state index contributed by atoms with van der Waals surface area (Å²) in [7, 11) is 1.90. The summed E-state index contributed by atoms with van der Waals surface area (Å²) in [6.07, 6.45) is -0.832. The third-order valence-electron chi connectivity index (χ3n) is 2.78. The summed E-state index contributed by atoms with van der Waals surface area (Å²) in [4.78, 5) is 10.7. The van der Waals surface area contributed by atoms with Gasteiger partial charge in [-0.15, -0.1) is 0 Å². The minimum Gasteiger partial charge on any atom is -0.479 e. The van der Waals surface area contributed by atoms with Gasteiger partial charge < -0.3 is 15.2 Å². The minimum atomic E-state index is -0.961. The van der Waals surface area contributed by atoms with Gasteiger partial charge in [-0.1, -0.05) is 12.1 Å². The zero-order valence-corrected chi connectivity index (χ0v) is 10.7. The molecule has 4 heteroatoms. The van der Waals surface area contributed by atoms with Gasteiger partial charge in [0, 0.05) is 6.04 Å². The lowest BCUT2D eigenvalue weighted by molar-refractivity contribution is -0.144. The molecule has 0 bridgehead atoms. The van der Waals surface area contributed by atoms with Crippen molar-refractivity contribution in [1.82, 2.24) is 5.32 Å². The van der Waals surface area contributed by atoms with E-state index < -0.39 is 12.1 Å². The van der Waals surface area contributed by atoms with E-state index in [0.717, 1.165) is 11.1 Å². The van der Waals surface area contributed by atoms with Gasteiger partial charge in [-0.25, -0.2) is 4.79 Å². The predicted molar refractivity (Wildman–Crippen MR) is 66.4 cm³/mol. The molecule has 4 nitrogen and oxygen atoms in total. The summed E-state index contributed by atoms with van der Waals surface area (Å²) >= 11 is 0. The Morgan fingerprint density at radius 1 is 1.41 bits per heavy atom. The summed E-state index contributed by atoms with van der Waals surface area (Å²) in [5.41, 5.74) is 2.10. The molecule has 0 aliphatic rings. The standard InChI is InChI=1S/C13H19NO3/c1-8-7-11(9(2)14-4)5-6-12(8)17-10(3)13(15)16/h5-7,9-10,14H,1-4H3,(H,15,16). The van der Waals surface area contributed by atoms with E-state index in [9.17, 15) is 4.79 Å². The Bertz CT molecular complexity index is 404. The van der Waals surface area contributed by atoms with Crippen LogP contribution < -0.4 is 10.1 Å². The molecule has 2 unspecified atom stereocenters. The van der Waals surface area contributed by atoms with Crippen LogP contribution >= 0.6 is 0 Å². The molecule has 0 saturated heterocycles. The highest BCUT2D eigenvalue weighted by molar-refractivity contribution is 5.72. The average Bonchev–Trinajstić information content (AvgIpc) is 2.30. The highest BCUT2D eigenvalue weighted by Gasteiger charge is 2.14. The second-order valence-electron chi connectivity index (χ2n) is 4.13. The molecular weight excluding hydrogens is 218 g/mol. The summed E-state index contributed by atoms with van der Waals surface area (Å²) in [5.74, 6) is -0.343. The second kappa shape index (κ2) is 5.68. The van der Waals surface area contributed by atoms with Crippen molar-refractivity contribution in [3.05, 3.63) is 29.3 Å². The highest BCUT2D eigenvalue weighted by atomic mass is 16.5. The van der Waals surface area contributed by atoms with Crippen molar-refractivity contribution in [2.24, 2.45) is 0 Å². The highest BCUT2D eigenvalue weighted by Crippen LogP contribution is 2.23. The fraction of sp³-hybridized carbons (Fsp3) is 0.462. The number of carboxylic acid groups (broad SMARTS) is 1. The van der Waals surface area contributed by atoms with Crippen molar-refractivity contribution >= 4 is 5.97 Å². The number of ether oxygens (including phenoxy) is 1. The smallest absolute Gasteiger partial charge is 0.344 e. The number of hydrogen-bond donors (Lipinski definition) is 2. The maximum atomic E-state index is 10.7. The van der Waals surface area contributed by atoms with Crippen LogP contribution in [0.2, 0.25) is 0 Å². The molecular formula is C13H19NO3. The Hall–Kier alpha value is -1.55. The zero-order valence-electron chi connectivity index (χ0n) is 10.7. The van der Waals surface area contributed by atoms with Crippen LogP contribution in [0.4, 0.5) is 0 Å². The van der Waals surface area contributed by atoms with Gasteiger partial charge in [0.05, 0.1) is 0 Å². The van der Waals surface area contributed by atoms with Gasteiger partial charge in [-0.3, -0.25) is 0 Å². The van der Waals surface area contributed by atoms with E-state index in [4.69, 9.17) is 9.84 Å². The summed E-state index contributed by atoms with van der Waals surface area (Å²) in [5, 5.41) is 11.9. The fourth-order valence-electron chi connectivity index (χ4n) is 1.48. The maximum Gasteiger partial charge on any atom is 0.344 e. The van der Waals surface area contributed by atoms with E-state index in [1.807, 2.05) is 32.2 Å². The first-order valence-electron chi connectivity index (χ1n) is 5.63. The third kappa shape index (κ3) is 3.46. The van der Waals surface area contributed by atoms with Gasteiger partial charge in [-0.05, 0) is 45.0 Å². The number of hydrogen-bond acceptors (Lipinski definition) is 3. The summed E-state index contributed by atoms with van der Waals surface area (Å²) in [6.45, 7) is 5.50. The number of rotatable bonds is 5. The molecule has 1 aromatic rings. The SMILES string of the molecule is CNC(C)c1ccc(OC(C)C(=O)O)c(C)c1. The molecule has 0 saturated carbocycles. The number of nitrogens with one attached hydrogen (secondary N) is 1. The van der Waals surface area contributed by atoms with Crippen LogP contribution in [0.1, 0.15) is 31.0 Å². The number of aryl methyl sites for hydroxylation is 1. The Labute approximate surface area is 102 Å². The molecule has 0 heterocycles. The molecule has 0 spiro atoms. The fourth-order valence-corrected chi connectivity index (χ4v) is 1.48. The molecule has 1 aromatic carbocycles. The van der Waals surface area contributed by atoms with E-state index >= 15 is 0 Å². The largest absolute Gasteiger partial charge is 0.479 e. The lowest BCUT2D eigenvalue weighted by Crippen LogP contribution is -2.23. The van der Waals surface area contributed by atoms with E-state index in [-0.39, 0.29) is 6.04 Å². The molecule has 2 atom stereocenters. The van der Waals surface area contributed by atoms with Gasteiger partial charge in [-0.2, -0.15) is 0 Å². The van der Waals surface area contributed by atoms with Crippen LogP contribution in [0, 0.1) is 6.92 Å². The van der Waals surface area contributed by atoms with Crippen LogP contribution in [-0.2, 0) is 4.79 Å². The molecule has 0 aliphatic heterocycles. The molecule has 1 rings (SSSR count). The van der Waals surface area contributed by atoms with Crippen molar-refractivity contribution in [3.8, 4) is 5.75 Å². The van der Waals surface area contributed by atoms with E-state index in [2.05, 4.69) is 12.2 Å². The van der Waals surface area contributed by atoms with E-state index in [1.165, 1.54) is 6.92 Å². The van der Waals surface area contributed by atoms with Crippen molar-refractivity contribution < 1.29 is 14.6 Å². The second-order valence-corrected chi connectivity index (χ2v) is 4.13. The third-order valence-corrected chi connectivity index (χ3v) is 2.78. The Morgan fingerprint density at radius 3 is 2.53 bits per heavy atom. The summed E-state index contributed by atoms with van der Waals surface area (Å²) < 4.78 is 5.35. The van der Waals surface area contributed by atoms with Gasteiger partial charge in [0.2, 0.25) is 0 Å². The quantitative estimate of drug-likeness (QED) is 0.823. The normalized spacial score (nSPS) is 14.1. The monoisotopic (exact) mass is 237 g/mol. The average molecular weight is 237 g/mol. The van der Waals surface area contributed by atoms with Crippen molar-refractivity contribution in [2.45, 2.75) is 32.9 Å². The Balaban J connectivity index is 2.86. The van der Waals surface area contributed by atoms with Crippen molar-refractivity contribution in [1.29, 1.82) is 0 Å². The van der Waals surface area contributed by atoms with Crippen LogP contribution in [0.25, 0.3) is 0 Å². The van der Waals surface area contributed by atoms with Crippen molar-refractivity contribution in [3.63, 3.8) is 0 Å². The van der Waals surface area contributed by atoms with Gasteiger partial charge in [0.1, 0.15) is 5.75 Å². The molecule has 0 aliphatic carbocycles. The Kier molecular flexibility index (Phi) is 4.52. The first-order valence-corrected chi connectivity index (χ1v) is 5.63. The minimum absolute atomic E-state index is 0.264. The van der Waals surface area contributed by atoms with Gasteiger partial charge >= 0.3 is 5.97 Å². The van der Waals surface area contributed by atoms with E-state index in [1.54, 1.807) is 0 Å². The number of carbonyl (C=O) groups is 1. The molecule has 0 amide bonds. The van der Waals surface area contributed by atoms with Gasteiger partial charge in [0.25, 0.3) is 0 Å². The zero-order chi connectivity index (χ0) is 13.0. The molecule has 0 fully saturated rings. The molecule has 0 aromatic heterocycles. The lowest BCUT2D eigenvalue weighted by Gasteiger charge is -2.16. The van der Waals surface area contributed by atoms with Crippen LogP contribution in [-0.4, -0.2) is 24.2 Å². The topological polar surface area (TPSA) is 58.6 Å². The lowest BCUT2D eigenvalue weighted by atomic mass is 10.1. The van der Waals surface area contributed by atoms with Crippen LogP contribution in [0.3, 0.4) is 0 Å².